The number of morpholine rings is 1. The second kappa shape index (κ2) is 9.07. The molecule has 0 bridgehead atoms. The van der Waals surface area contributed by atoms with Crippen LogP contribution in [0.5, 0.6) is 0 Å². The summed E-state index contributed by atoms with van der Waals surface area (Å²) in [5.74, 6) is -1.46. The Balaban J connectivity index is 1.90. The van der Waals surface area contributed by atoms with E-state index in [1.807, 2.05) is 4.90 Å². The van der Waals surface area contributed by atoms with E-state index in [9.17, 15) is 14.0 Å². The maximum absolute atomic E-state index is 13.6. The minimum Gasteiger partial charge on any atom is -0.480 e. The molecule has 2 N–H and O–H groups in total. The highest BCUT2D eigenvalue weighted by Crippen LogP contribution is 2.16. The van der Waals surface area contributed by atoms with E-state index < -0.39 is 12.0 Å². The minimum absolute atomic E-state index is 0.0606. The summed E-state index contributed by atoms with van der Waals surface area (Å²) in [5.41, 5.74) is 0.952. The molecular weight excluding hydrogens is 341 g/mol. The molecule has 1 aromatic carbocycles. The summed E-state index contributed by atoms with van der Waals surface area (Å²) < 4.78 is 19.3. The van der Waals surface area contributed by atoms with Gasteiger partial charge in [0.1, 0.15) is 5.82 Å². The molecule has 144 valence electrons. The highest BCUT2D eigenvalue weighted by Gasteiger charge is 2.28. The van der Waals surface area contributed by atoms with E-state index in [2.05, 4.69) is 5.32 Å². The van der Waals surface area contributed by atoms with Crippen LogP contribution in [0.15, 0.2) is 18.2 Å². The van der Waals surface area contributed by atoms with Crippen molar-refractivity contribution in [2.45, 2.75) is 26.0 Å². The number of benzene rings is 1. The predicted octanol–water partition coefficient (Wildman–Crippen LogP) is 1.18. The van der Waals surface area contributed by atoms with Crippen LogP contribution >= 0.6 is 0 Å². The zero-order valence-electron chi connectivity index (χ0n) is 15.4. The molecule has 1 aliphatic heterocycles. The number of nitrogens with zero attached hydrogens (tertiary/aromatic N) is 2. The zero-order chi connectivity index (χ0) is 19.3. The van der Waals surface area contributed by atoms with E-state index in [0.29, 0.717) is 37.5 Å². The van der Waals surface area contributed by atoms with Crippen LogP contribution in [0.2, 0.25) is 0 Å². The highest BCUT2D eigenvalue weighted by atomic mass is 19.1. The molecule has 0 saturated carbocycles. The largest absolute Gasteiger partial charge is 0.480 e. The first-order chi connectivity index (χ1) is 12.3. The molecule has 2 unspecified atom stereocenters. The molecule has 0 radical (unpaired) electrons. The van der Waals surface area contributed by atoms with Gasteiger partial charge in [-0.1, -0.05) is 6.07 Å². The summed E-state index contributed by atoms with van der Waals surface area (Å²) >= 11 is 0. The number of amides is 1. The van der Waals surface area contributed by atoms with E-state index >= 15 is 0 Å². The Hall–Kier alpha value is -2.03. The molecule has 8 heteroatoms. The van der Waals surface area contributed by atoms with E-state index in [0.717, 1.165) is 0 Å². The first-order valence-electron chi connectivity index (χ1n) is 8.59. The lowest BCUT2D eigenvalue weighted by molar-refractivity contribution is -0.138. The van der Waals surface area contributed by atoms with Crippen molar-refractivity contribution >= 4 is 17.6 Å². The third-order valence-electron chi connectivity index (χ3n) is 4.46. The van der Waals surface area contributed by atoms with Gasteiger partial charge < -0.3 is 15.2 Å². The van der Waals surface area contributed by atoms with Gasteiger partial charge in [0.25, 0.3) is 0 Å². The number of carbonyl (C=O) groups is 2. The first kappa shape index (κ1) is 20.3. The van der Waals surface area contributed by atoms with Gasteiger partial charge in [0.05, 0.1) is 25.3 Å². The summed E-state index contributed by atoms with van der Waals surface area (Å²) in [6.45, 7) is 5.48. The number of aryl methyl sites for hydroxylation is 1. The summed E-state index contributed by atoms with van der Waals surface area (Å²) in [6, 6.07) is 4.20. The van der Waals surface area contributed by atoms with Crippen LogP contribution in [0, 0.1) is 12.7 Å². The van der Waals surface area contributed by atoms with Crippen LogP contribution < -0.4 is 5.32 Å². The Morgan fingerprint density at radius 2 is 2.23 bits per heavy atom. The van der Waals surface area contributed by atoms with Gasteiger partial charge in [0.15, 0.2) is 0 Å². The van der Waals surface area contributed by atoms with Gasteiger partial charge in [-0.3, -0.25) is 19.4 Å². The number of anilines is 1. The van der Waals surface area contributed by atoms with Crippen molar-refractivity contribution in [3.8, 4) is 0 Å². The van der Waals surface area contributed by atoms with Gasteiger partial charge in [0.2, 0.25) is 5.91 Å². The number of hydrogen-bond acceptors (Lipinski definition) is 5. The number of likely N-dealkylation sites (N-methyl/N-ethyl adjacent to an activating group) is 1. The zero-order valence-corrected chi connectivity index (χ0v) is 15.4. The van der Waals surface area contributed by atoms with Crippen LogP contribution in [-0.4, -0.2) is 78.8 Å². The first-order valence-corrected chi connectivity index (χ1v) is 8.59. The summed E-state index contributed by atoms with van der Waals surface area (Å²) in [7, 11) is 1.72. The number of carboxylic acid groups (broad SMARTS) is 1. The van der Waals surface area contributed by atoms with Crippen molar-refractivity contribution in [2.75, 3.05) is 45.2 Å². The van der Waals surface area contributed by atoms with Crippen molar-refractivity contribution < 1.29 is 23.8 Å². The number of ether oxygens (including phenoxy) is 1. The van der Waals surface area contributed by atoms with Gasteiger partial charge >= 0.3 is 5.97 Å². The van der Waals surface area contributed by atoms with Crippen LogP contribution in [0.3, 0.4) is 0 Å². The summed E-state index contributed by atoms with van der Waals surface area (Å²) in [4.78, 5) is 26.9. The third kappa shape index (κ3) is 5.76. The van der Waals surface area contributed by atoms with Crippen molar-refractivity contribution in [1.82, 2.24) is 9.80 Å². The van der Waals surface area contributed by atoms with Gasteiger partial charge in [-0.15, -0.1) is 0 Å². The lowest BCUT2D eigenvalue weighted by atomic mass is 10.1. The molecule has 1 aliphatic rings. The number of hydrogen-bond donors (Lipinski definition) is 2. The molecule has 0 spiro atoms. The maximum Gasteiger partial charge on any atom is 0.317 e. The maximum atomic E-state index is 13.6. The fraction of sp³-hybridized carbons (Fsp3) is 0.556. The number of rotatable bonds is 7. The quantitative estimate of drug-likeness (QED) is 0.753. The molecule has 1 amide bonds. The molecule has 26 heavy (non-hydrogen) atoms. The van der Waals surface area contributed by atoms with Crippen molar-refractivity contribution in [3.63, 3.8) is 0 Å². The number of halogens is 1. The molecular formula is C18H26FN3O4. The second-order valence-electron chi connectivity index (χ2n) is 6.71. The van der Waals surface area contributed by atoms with Crippen LogP contribution in [-0.2, 0) is 14.3 Å². The standard InChI is InChI=1S/C18H26FN3O4/c1-12-4-5-14(8-16(12)19)20-18(25)13(2)22-6-7-26-15(10-22)9-21(3)11-17(23)24/h4-5,8,13,15H,6-7,9-11H2,1-3H3,(H,20,25)(H,23,24). The number of aliphatic carboxylic acids is 1. The van der Waals surface area contributed by atoms with E-state index in [1.165, 1.54) is 6.07 Å². The smallest absolute Gasteiger partial charge is 0.317 e. The SMILES string of the molecule is Cc1ccc(NC(=O)C(C)N2CCOC(CN(C)CC(=O)O)C2)cc1F. The Morgan fingerprint density at radius 1 is 1.50 bits per heavy atom. The van der Waals surface area contributed by atoms with E-state index in [4.69, 9.17) is 9.84 Å². The molecule has 1 aromatic rings. The Kier molecular flexibility index (Phi) is 7.07. The fourth-order valence-corrected chi connectivity index (χ4v) is 2.93. The van der Waals surface area contributed by atoms with Gasteiger partial charge in [-0.05, 0) is 38.6 Å². The molecule has 2 atom stereocenters. The van der Waals surface area contributed by atoms with Crippen LogP contribution in [0.25, 0.3) is 0 Å². The molecule has 1 heterocycles. The van der Waals surface area contributed by atoms with Crippen molar-refractivity contribution in [3.05, 3.63) is 29.6 Å². The summed E-state index contributed by atoms with van der Waals surface area (Å²) in [5, 5.41) is 11.6. The Morgan fingerprint density at radius 3 is 2.88 bits per heavy atom. The molecule has 7 nitrogen and oxygen atoms in total. The number of nitrogens with one attached hydrogen (secondary N) is 1. The normalized spacial score (nSPS) is 19.3. The number of carboxylic acids is 1. The second-order valence-corrected chi connectivity index (χ2v) is 6.71. The summed E-state index contributed by atoms with van der Waals surface area (Å²) in [6.07, 6.45) is -0.167. The molecule has 0 aromatic heterocycles. The lowest BCUT2D eigenvalue weighted by Crippen LogP contribution is -2.53. The fourth-order valence-electron chi connectivity index (χ4n) is 2.93. The molecule has 1 fully saturated rings. The monoisotopic (exact) mass is 367 g/mol. The average Bonchev–Trinajstić information content (AvgIpc) is 2.57. The highest BCUT2D eigenvalue weighted by molar-refractivity contribution is 5.94. The van der Waals surface area contributed by atoms with Crippen LogP contribution in [0.1, 0.15) is 12.5 Å². The van der Waals surface area contributed by atoms with Crippen LogP contribution in [0.4, 0.5) is 10.1 Å². The number of carbonyl (C=O) groups excluding carboxylic acids is 1. The average molecular weight is 367 g/mol. The molecule has 1 saturated heterocycles. The third-order valence-corrected chi connectivity index (χ3v) is 4.46. The lowest BCUT2D eigenvalue weighted by Gasteiger charge is -2.37. The van der Waals surface area contributed by atoms with Crippen molar-refractivity contribution in [1.29, 1.82) is 0 Å². The Labute approximate surface area is 152 Å². The Bertz CT molecular complexity index is 655. The minimum atomic E-state index is -0.891. The molecule has 0 aliphatic carbocycles. The van der Waals surface area contributed by atoms with E-state index in [-0.39, 0.29) is 24.4 Å². The van der Waals surface area contributed by atoms with Crippen molar-refractivity contribution in [2.24, 2.45) is 0 Å². The van der Waals surface area contributed by atoms with E-state index in [1.54, 1.807) is 37.9 Å². The van der Waals surface area contributed by atoms with Gasteiger partial charge in [-0.2, -0.15) is 0 Å². The van der Waals surface area contributed by atoms with Gasteiger partial charge in [-0.25, -0.2) is 4.39 Å². The van der Waals surface area contributed by atoms with Gasteiger partial charge in [0, 0.05) is 25.3 Å². The predicted molar refractivity (Wildman–Crippen MR) is 95.7 cm³/mol. The molecule has 2 rings (SSSR count). The topological polar surface area (TPSA) is 82.1 Å².